The Kier molecular flexibility index (Phi) is 5.47. The Labute approximate surface area is 204 Å². The second kappa shape index (κ2) is 8.79. The van der Waals surface area contributed by atoms with Gasteiger partial charge in [0.25, 0.3) is 5.91 Å². The number of hydrogen-bond donors (Lipinski definition) is 1. The Bertz CT molecular complexity index is 1360. The molecule has 2 fully saturated rings. The van der Waals surface area contributed by atoms with Gasteiger partial charge in [-0.1, -0.05) is 13.0 Å². The van der Waals surface area contributed by atoms with E-state index in [1.807, 2.05) is 33.7 Å². The Morgan fingerprint density at radius 3 is 2.83 bits per heavy atom. The SMILES string of the molecule is Cc1cn2nc([C@@H]3CCCCN3C(=O)c3cc(-c4ccccn4)n[nH]3)cc2nc1N1CC[C@H](C)C1. The molecule has 2 saturated heterocycles. The van der Waals surface area contributed by atoms with E-state index in [9.17, 15) is 4.79 Å². The van der Waals surface area contributed by atoms with Gasteiger partial charge in [0.15, 0.2) is 5.65 Å². The highest BCUT2D eigenvalue weighted by atomic mass is 16.2. The highest BCUT2D eigenvalue weighted by molar-refractivity contribution is 5.93. The number of rotatable bonds is 4. The molecule has 35 heavy (non-hydrogen) atoms. The number of aromatic nitrogens is 6. The number of piperidine rings is 1. The van der Waals surface area contributed by atoms with Gasteiger partial charge in [-0.15, -0.1) is 0 Å². The van der Waals surface area contributed by atoms with Gasteiger partial charge in [-0.25, -0.2) is 9.50 Å². The lowest BCUT2D eigenvalue weighted by molar-refractivity contribution is 0.0599. The average molecular weight is 471 g/mol. The van der Waals surface area contributed by atoms with Gasteiger partial charge in [-0.2, -0.15) is 10.2 Å². The first-order valence-corrected chi connectivity index (χ1v) is 12.5. The summed E-state index contributed by atoms with van der Waals surface area (Å²) in [5.74, 6) is 1.68. The molecule has 6 rings (SSSR count). The number of nitrogens with one attached hydrogen (secondary N) is 1. The van der Waals surface area contributed by atoms with Crippen molar-refractivity contribution in [3.8, 4) is 11.4 Å². The topological polar surface area (TPSA) is 95.3 Å². The monoisotopic (exact) mass is 470 g/mol. The second-order valence-corrected chi connectivity index (χ2v) is 9.85. The van der Waals surface area contributed by atoms with Gasteiger partial charge in [-0.05, 0) is 56.7 Å². The van der Waals surface area contributed by atoms with Gasteiger partial charge in [0, 0.05) is 43.7 Å². The minimum atomic E-state index is -0.0879. The number of amides is 1. The maximum Gasteiger partial charge on any atom is 0.272 e. The van der Waals surface area contributed by atoms with E-state index in [0.717, 1.165) is 60.8 Å². The molecule has 0 unspecified atom stereocenters. The minimum Gasteiger partial charge on any atom is -0.356 e. The zero-order chi connectivity index (χ0) is 23.9. The summed E-state index contributed by atoms with van der Waals surface area (Å²) in [5, 5.41) is 12.1. The van der Waals surface area contributed by atoms with Crippen LogP contribution in [0.2, 0.25) is 0 Å². The summed E-state index contributed by atoms with van der Waals surface area (Å²) >= 11 is 0. The number of aromatic amines is 1. The van der Waals surface area contributed by atoms with Gasteiger partial charge in [0.2, 0.25) is 0 Å². The van der Waals surface area contributed by atoms with E-state index in [4.69, 9.17) is 10.1 Å². The number of fused-ring (bicyclic) bond motifs is 1. The summed E-state index contributed by atoms with van der Waals surface area (Å²) < 4.78 is 1.86. The van der Waals surface area contributed by atoms with Crippen LogP contribution >= 0.6 is 0 Å². The van der Waals surface area contributed by atoms with Gasteiger partial charge >= 0.3 is 0 Å². The second-order valence-electron chi connectivity index (χ2n) is 9.85. The first-order valence-electron chi connectivity index (χ1n) is 12.5. The van der Waals surface area contributed by atoms with Crippen LogP contribution in [-0.2, 0) is 0 Å². The zero-order valence-electron chi connectivity index (χ0n) is 20.2. The Morgan fingerprint density at radius 1 is 1.11 bits per heavy atom. The smallest absolute Gasteiger partial charge is 0.272 e. The van der Waals surface area contributed by atoms with Gasteiger partial charge in [0.05, 0.1) is 17.4 Å². The molecule has 0 radical (unpaired) electrons. The van der Waals surface area contributed by atoms with Crippen molar-refractivity contribution in [1.82, 2.24) is 34.7 Å². The Morgan fingerprint density at radius 2 is 2.03 bits per heavy atom. The highest BCUT2D eigenvalue weighted by Crippen LogP contribution is 2.33. The van der Waals surface area contributed by atoms with Crippen molar-refractivity contribution in [2.75, 3.05) is 24.5 Å². The molecule has 0 aliphatic carbocycles. The number of hydrogen-bond acceptors (Lipinski definition) is 6. The van der Waals surface area contributed by atoms with Gasteiger partial charge in [0.1, 0.15) is 17.2 Å². The zero-order valence-corrected chi connectivity index (χ0v) is 20.2. The molecule has 0 bridgehead atoms. The van der Waals surface area contributed by atoms with Crippen molar-refractivity contribution < 1.29 is 4.79 Å². The Balaban J connectivity index is 1.29. The molecule has 2 aliphatic rings. The van der Waals surface area contributed by atoms with Crippen molar-refractivity contribution in [2.45, 2.75) is 45.6 Å². The van der Waals surface area contributed by atoms with Crippen LogP contribution in [0.4, 0.5) is 5.82 Å². The lowest BCUT2D eigenvalue weighted by atomic mass is 9.99. The molecule has 6 heterocycles. The fraction of sp³-hybridized carbons (Fsp3) is 0.423. The molecule has 4 aromatic rings. The van der Waals surface area contributed by atoms with E-state index in [1.165, 1.54) is 6.42 Å². The number of carbonyl (C=O) groups is 1. The maximum atomic E-state index is 13.5. The maximum absolute atomic E-state index is 13.5. The third-order valence-corrected chi connectivity index (χ3v) is 7.19. The fourth-order valence-electron chi connectivity index (χ4n) is 5.34. The molecule has 2 aliphatic heterocycles. The van der Waals surface area contributed by atoms with Gasteiger partial charge < -0.3 is 9.80 Å². The molecule has 0 saturated carbocycles. The molecule has 1 N–H and O–H groups in total. The predicted molar refractivity (Wildman–Crippen MR) is 133 cm³/mol. The summed E-state index contributed by atoms with van der Waals surface area (Å²) in [6.45, 7) is 7.17. The summed E-state index contributed by atoms with van der Waals surface area (Å²) in [7, 11) is 0. The highest BCUT2D eigenvalue weighted by Gasteiger charge is 2.32. The fourth-order valence-corrected chi connectivity index (χ4v) is 5.34. The van der Waals surface area contributed by atoms with Crippen LogP contribution in [0, 0.1) is 12.8 Å². The number of carbonyl (C=O) groups excluding carboxylic acids is 1. The molecular weight excluding hydrogens is 440 g/mol. The molecule has 1 amide bonds. The lowest BCUT2D eigenvalue weighted by Crippen LogP contribution is -2.38. The van der Waals surface area contributed by atoms with E-state index < -0.39 is 0 Å². The van der Waals surface area contributed by atoms with Crippen LogP contribution in [0.25, 0.3) is 17.0 Å². The molecular formula is C26H30N8O. The van der Waals surface area contributed by atoms with Crippen molar-refractivity contribution >= 4 is 17.4 Å². The van der Waals surface area contributed by atoms with Crippen LogP contribution in [0.15, 0.2) is 42.7 Å². The van der Waals surface area contributed by atoms with Gasteiger partial charge in [-0.3, -0.25) is 14.9 Å². The van der Waals surface area contributed by atoms with Crippen LogP contribution in [0.1, 0.15) is 60.4 Å². The summed E-state index contributed by atoms with van der Waals surface area (Å²) in [6.07, 6.45) is 7.91. The van der Waals surface area contributed by atoms with Crippen LogP contribution in [0.5, 0.6) is 0 Å². The summed E-state index contributed by atoms with van der Waals surface area (Å²) in [4.78, 5) is 27.1. The molecule has 9 nitrogen and oxygen atoms in total. The molecule has 0 aromatic carbocycles. The van der Waals surface area contributed by atoms with Crippen LogP contribution < -0.4 is 4.90 Å². The molecule has 180 valence electrons. The minimum absolute atomic E-state index is 0.0580. The predicted octanol–water partition coefficient (Wildman–Crippen LogP) is 4.04. The van der Waals surface area contributed by atoms with Crippen molar-refractivity contribution in [3.63, 3.8) is 0 Å². The van der Waals surface area contributed by atoms with Crippen molar-refractivity contribution in [1.29, 1.82) is 0 Å². The lowest BCUT2D eigenvalue weighted by Gasteiger charge is -2.34. The van der Waals surface area contributed by atoms with E-state index in [0.29, 0.717) is 23.9 Å². The number of H-pyrrole nitrogens is 1. The normalized spacial score (nSPS) is 20.6. The first kappa shape index (κ1) is 21.8. The Hall–Kier alpha value is -3.75. The third-order valence-electron chi connectivity index (χ3n) is 7.19. The van der Waals surface area contributed by atoms with Crippen molar-refractivity contribution in [3.05, 3.63) is 59.7 Å². The number of nitrogens with zero attached hydrogens (tertiary/aromatic N) is 7. The number of anilines is 1. The first-order chi connectivity index (χ1) is 17.1. The largest absolute Gasteiger partial charge is 0.356 e. The standard InChI is InChI=1S/C26H30N8O/c1-17-9-12-32(15-17)25-18(2)16-34-24(28-25)14-21(31-34)23-8-4-6-11-33(23)26(35)22-13-20(29-30-22)19-7-3-5-10-27-19/h3,5,7,10,13-14,16-17,23H,4,6,8-9,11-12,15H2,1-2H3,(H,29,30)/t17-,23-/m0/s1. The van der Waals surface area contributed by atoms with E-state index in [-0.39, 0.29) is 11.9 Å². The molecule has 2 atom stereocenters. The quantitative estimate of drug-likeness (QED) is 0.484. The molecule has 0 spiro atoms. The van der Waals surface area contributed by atoms with E-state index in [1.54, 1.807) is 12.3 Å². The van der Waals surface area contributed by atoms with Crippen LogP contribution in [-0.4, -0.2) is 60.2 Å². The van der Waals surface area contributed by atoms with E-state index >= 15 is 0 Å². The van der Waals surface area contributed by atoms with Crippen molar-refractivity contribution in [2.24, 2.45) is 5.92 Å². The summed E-state index contributed by atoms with van der Waals surface area (Å²) in [5.41, 5.74) is 4.72. The summed E-state index contributed by atoms with van der Waals surface area (Å²) in [6, 6.07) is 9.40. The number of pyridine rings is 1. The van der Waals surface area contributed by atoms with Crippen LogP contribution in [0.3, 0.4) is 0 Å². The molecule has 4 aromatic heterocycles. The number of aryl methyl sites for hydroxylation is 1. The van der Waals surface area contributed by atoms with E-state index in [2.05, 4.69) is 40.1 Å². The number of likely N-dealkylation sites (tertiary alicyclic amines) is 1. The molecule has 9 heteroatoms. The third kappa shape index (κ3) is 4.05. The average Bonchev–Trinajstić information content (AvgIpc) is 3.63.